The number of thioether (sulfide) groups is 1. The molecule has 0 heterocycles. The molecule has 3 rings (SSSR count). The first-order valence-corrected chi connectivity index (χ1v) is 8.34. The van der Waals surface area contributed by atoms with Crippen molar-refractivity contribution in [2.75, 3.05) is 5.75 Å². The lowest BCUT2D eigenvalue weighted by molar-refractivity contribution is 0.204. The van der Waals surface area contributed by atoms with Crippen LogP contribution < -0.4 is 4.74 Å². The molecule has 2 aromatic rings. The quantitative estimate of drug-likeness (QED) is 0.804. The van der Waals surface area contributed by atoms with Gasteiger partial charge in [0.25, 0.3) is 0 Å². The highest BCUT2D eigenvalue weighted by Crippen LogP contribution is 2.30. The minimum absolute atomic E-state index is 0.414. The first-order chi connectivity index (χ1) is 10.2. The minimum atomic E-state index is -0.454. The molecule has 1 N–H and O–H groups in total. The molecule has 0 spiro atoms. The Balaban J connectivity index is 1.57. The van der Waals surface area contributed by atoms with E-state index in [0.717, 1.165) is 24.2 Å². The molecular weight excluding hydrogens is 280 g/mol. The number of aryl methyl sites for hydroxylation is 1. The zero-order valence-corrected chi connectivity index (χ0v) is 13.0. The van der Waals surface area contributed by atoms with Crippen molar-refractivity contribution in [1.82, 2.24) is 0 Å². The molecule has 2 nitrogen and oxygen atoms in total. The Morgan fingerprint density at radius 3 is 2.52 bits per heavy atom. The van der Waals surface area contributed by atoms with Gasteiger partial charge in [0.05, 0.1) is 12.2 Å². The molecule has 0 amide bonds. The van der Waals surface area contributed by atoms with Crippen LogP contribution in [-0.4, -0.2) is 17.0 Å². The smallest absolute Gasteiger partial charge is 0.119 e. The second kappa shape index (κ2) is 6.54. The van der Waals surface area contributed by atoms with Crippen LogP contribution >= 0.6 is 11.8 Å². The number of ether oxygens (including phenoxy) is 1. The minimum Gasteiger partial charge on any atom is -0.490 e. The van der Waals surface area contributed by atoms with Gasteiger partial charge in [-0.15, -0.1) is 11.8 Å². The highest BCUT2D eigenvalue weighted by atomic mass is 32.2. The van der Waals surface area contributed by atoms with Crippen molar-refractivity contribution in [3.63, 3.8) is 0 Å². The van der Waals surface area contributed by atoms with Crippen LogP contribution in [0.4, 0.5) is 0 Å². The Labute approximate surface area is 130 Å². The van der Waals surface area contributed by atoms with Crippen molar-refractivity contribution >= 4 is 11.8 Å². The van der Waals surface area contributed by atoms with E-state index in [-0.39, 0.29) is 0 Å². The van der Waals surface area contributed by atoms with E-state index in [1.165, 1.54) is 10.5 Å². The average molecular weight is 300 g/mol. The maximum absolute atomic E-state index is 10.3. The van der Waals surface area contributed by atoms with E-state index in [1.54, 1.807) is 11.8 Å². The summed E-state index contributed by atoms with van der Waals surface area (Å²) >= 11 is 1.69. The number of aliphatic hydroxyl groups excluding tert-OH is 1. The highest BCUT2D eigenvalue weighted by Gasteiger charge is 2.23. The summed E-state index contributed by atoms with van der Waals surface area (Å²) < 4.78 is 5.72. The second-order valence-electron chi connectivity index (χ2n) is 5.48. The van der Waals surface area contributed by atoms with Crippen molar-refractivity contribution in [3.8, 4) is 5.75 Å². The Morgan fingerprint density at radius 2 is 1.86 bits per heavy atom. The van der Waals surface area contributed by atoms with Crippen LogP contribution in [0.5, 0.6) is 5.75 Å². The Morgan fingerprint density at radius 1 is 1.14 bits per heavy atom. The molecule has 21 heavy (non-hydrogen) atoms. The largest absolute Gasteiger partial charge is 0.490 e. The standard InChI is InChI=1S/C18H20O2S/c1-13-4-2-3-5-18(13)21-12-17(19)14-6-8-15(9-7-14)20-16-10-11-16/h2-9,16-17,19H,10-12H2,1H3. The van der Waals surface area contributed by atoms with Gasteiger partial charge in [-0.25, -0.2) is 0 Å². The van der Waals surface area contributed by atoms with E-state index in [4.69, 9.17) is 4.74 Å². The third kappa shape index (κ3) is 4.02. The number of aliphatic hydroxyl groups is 1. The van der Waals surface area contributed by atoms with Crippen LogP contribution in [0.1, 0.15) is 30.1 Å². The van der Waals surface area contributed by atoms with Gasteiger partial charge in [0.2, 0.25) is 0 Å². The maximum Gasteiger partial charge on any atom is 0.119 e. The van der Waals surface area contributed by atoms with Crippen molar-refractivity contribution < 1.29 is 9.84 Å². The van der Waals surface area contributed by atoms with Crippen molar-refractivity contribution in [2.24, 2.45) is 0 Å². The van der Waals surface area contributed by atoms with E-state index in [9.17, 15) is 5.11 Å². The summed E-state index contributed by atoms with van der Waals surface area (Å²) in [4.78, 5) is 1.23. The van der Waals surface area contributed by atoms with Gasteiger partial charge >= 0.3 is 0 Å². The van der Waals surface area contributed by atoms with Gasteiger partial charge < -0.3 is 9.84 Å². The number of rotatable bonds is 6. The fraction of sp³-hybridized carbons (Fsp3) is 0.333. The fourth-order valence-corrected chi connectivity index (χ4v) is 3.13. The zero-order chi connectivity index (χ0) is 14.7. The average Bonchev–Trinajstić information content (AvgIpc) is 3.31. The second-order valence-corrected chi connectivity index (χ2v) is 6.54. The predicted octanol–water partition coefficient (Wildman–Crippen LogP) is 4.36. The van der Waals surface area contributed by atoms with E-state index in [0.29, 0.717) is 11.9 Å². The molecular formula is C18H20O2S. The molecule has 0 aromatic heterocycles. The molecule has 0 saturated heterocycles. The van der Waals surface area contributed by atoms with Crippen LogP contribution in [0, 0.1) is 6.92 Å². The summed E-state index contributed by atoms with van der Waals surface area (Å²) in [5, 5.41) is 10.3. The van der Waals surface area contributed by atoms with Gasteiger partial charge in [-0.2, -0.15) is 0 Å². The van der Waals surface area contributed by atoms with Crippen molar-refractivity contribution in [3.05, 3.63) is 59.7 Å². The molecule has 0 bridgehead atoms. The molecule has 0 radical (unpaired) electrons. The first-order valence-electron chi connectivity index (χ1n) is 7.35. The molecule has 1 atom stereocenters. The number of benzene rings is 2. The molecule has 0 aliphatic heterocycles. The number of hydrogen-bond acceptors (Lipinski definition) is 3. The first kappa shape index (κ1) is 14.5. The van der Waals surface area contributed by atoms with Gasteiger partial charge in [-0.3, -0.25) is 0 Å². The molecule has 3 heteroatoms. The third-order valence-electron chi connectivity index (χ3n) is 3.58. The SMILES string of the molecule is Cc1ccccc1SCC(O)c1ccc(OC2CC2)cc1. The van der Waals surface area contributed by atoms with Crippen molar-refractivity contribution in [2.45, 2.75) is 36.9 Å². The Hall–Kier alpha value is -1.45. The monoisotopic (exact) mass is 300 g/mol. The van der Waals surface area contributed by atoms with E-state index in [1.807, 2.05) is 36.4 Å². The number of hydrogen-bond donors (Lipinski definition) is 1. The molecule has 1 fully saturated rings. The van der Waals surface area contributed by atoms with Crippen LogP contribution in [0.25, 0.3) is 0 Å². The van der Waals surface area contributed by atoms with Crippen LogP contribution in [-0.2, 0) is 0 Å². The van der Waals surface area contributed by atoms with Crippen LogP contribution in [0.15, 0.2) is 53.4 Å². The molecule has 2 aromatic carbocycles. The van der Waals surface area contributed by atoms with Crippen molar-refractivity contribution in [1.29, 1.82) is 0 Å². The summed E-state index contributed by atoms with van der Waals surface area (Å²) in [5.41, 5.74) is 2.20. The van der Waals surface area contributed by atoms with Gasteiger partial charge in [-0.05, 0) is 49.1 Å². The summed E-state index contributed by atoms with van der Waals surface area (Å²) in [6.07, 6.45) is 2.29. The summed E-state index contributed by atoms with van der Waals surface area (Å²) in [7, 11) is 0. The lowest BCUT2D eigenvalue weighted by Crippen LogP contribution is -2.01. The summed E-state index contributed by atoms with van der Waals surface area (Å²) in [5.74, 6) is 1.56. The Kier molecular flexibility index (Phi) is 4.51. The molecule has 1 saturated carbocycles. The molecule has 1 unspecified atom stereocenters. The molecule has 1 aliphatic carbocycles. The Bertz CT molecular complexity index is 590. The lowest BCUT2D eigenvalue weighted by Gasteiger charge is -2.12. The zero-order valence-electron chi connectivity index (χ0n) is 12.2. The third-order valence-corrected chi connectivity index (χ3v) is 4.83. The van der Waals surface area contributed by atoms with Gasteiger partial charge in [-0.1, -0.05) is 30.3 Å². The topological polar surface area (TPSA) is 29.5 Å². The summed E-state index contributed by atoms with van der Waals surface area (Å²) in [6, 6.07) is 16.1. The van der Waals surface area contributed by atoms with E-state index < -0.39 is 6.10 Å². The fourth-order valence-electron chi connectivity index (χ4n) is 2.13. The van der Waals surface area contributed by atoms with E-state index in [2.05, 4.69) is 19.1 Å². The van der Waals surface area contributed by atoms with Crippen LogP contribution in [0.3, 0.4) is 0 Å². The normalized spacial score (nSPS) is 15.7. The molecule has 1 aliphatic rings. The van der Waals surface area contributed by atoms with Gasteiger partial charge in [0.1, 0.15) is 5.75 Å². The van der Waals surface area contributed by atoms with E-state index >= 15 is 0 Å². The van der Waals surface area contributed by atoms with Crippen LogP contribution in [0.2, 0.25) is 0 Å². The predicted molar refractivity (Wildman–Crippen MR) is 87.0 cm³/mol. The summed E-state index contributed by atoms with van der Waals surface area (Å²) in [6.45, 7) is 2.10. The molecule has 110 valence electrons. The highest BCUT2D eigenvalue weighted by molar-refractivity contribution is 7.99. The van der Waals surface area contributed by atoms with Gasteiger partial charge in [0, 0.05) is 10.6 Å². The lowest BCUT2D eigenvalue weighted by atomic mass is 10.1. The van der Waals surface area contributed by atoms with Gasteiger partial charge in [0.15, 0.2) is 0 Å². The maximum atomic E-state index is 10.3.